The zero-order valence-electron chi connectivity index (χ0n) is 25.7. The molecular weight excluding hydrogens is 646 g/mol. The average Bonchev–Trinajstić information content (AvgIpc) is 3.80. The van der Waals surface area contributed by atoms with Crippen LogP contribution in [0.25, 0.3) is 11.0 Å². The van der Waals surface area contributed by atoms with E-state index in [1.54, 1.807) is 54.6 Å². The Kier molecular flexibility index (Phi) is 9.45. The van der Waals surface area contributed by atoms with Gasteiger partial charge in [0.25, 0.3) is 5.91 Å². The second kappa shape index (κ2) is 13.9. The number of hydrogen-bond acceptors (Lipinski definition) is 11. The number of ketones is 1. The molecule has 0 radical (unpaired) electrons. The number of aromatic nitrogens is 2. The molecule has 1 atom stereocenters. The zero-order chi connectivity index (χ0) is 33.1. The lowest BCUT2D eigenvalue weighted by atomic mass is 9.95. The van der Waals surface area contributed by atoms with Gasteiger partial charge in [-0.15, -0.1) is 10.2 Å². The van der Waals surface area contributed by atoms with E-state index in [0.717, 1.165) is 29.7 Å². The Balaban J connectivity index is 1.39. The molecule has 1 amide bonds. The lowest BCUT2D eigenvalue weighted by Crippen LogP contribution is -2.31. The van der Waals surface area contributed by atoms with E-state index in [9.17, 15) is 19.1 Å². The van der Waals surface area contributed by atoms with Gasteiger partial charge < -0.3 is 23.7 Å². The number of aliphatic hydroxyl groups excluding tert-OH is 1. The summed E-state index contributed by atoms with van der Waals surface area (Å²) in [5, 5.41) is 20.6. The van der Waals surface area contributed by atoms with Crippen LogP contribution in [-0.2, 0) is 10.5 Å². The number of aliphatic hydroxyl groups is 1. The number of amides is 1. The van der Waals surface area contributed by atoms with E-state index < -0.39 is 23.5 Å². The number of hydrogen-bond donors (Lipinski definition) is 1. The van der Waals surface area contributed by atoms with Crippen LogP contribution in [0.15, 0.2) is 86.8 Å². The topological polar surface area (TPSA) is 124 Å². The third-order valence-corrected chi connectivity index (χ3v) is 9.67. The molecule has 3 heterocycles. The van der Waals surface area contributed by atoms with Gasteiger partial charge in [0.05, 0.1) is 32.4 Å². The van der Waals surface area contributed by atoms with Crippen molar-refractivity contribution in [2.75, 3.05) is 25.7 Å². The van der Waals surface area contributed by atoms with Crippen molar-refractivity contribution in [2.24, 2.45) is 0 Å². The van der Waals surface area contributed by atoms with Crippen LogP contribution in [0.2, 0.25) is 0 Å². The van der Waals surface area contributed by atoms with Crippen molar-refractivity contribution in [1.29, 1.82) is 0 Å². The van der Waals surface area contributed by atoms with Crippen molar-refractivity contribution >= 4 is 50.9 Å². The van der Waals surface area contributed by atoms with Gasteiger partial charge in [-0.3, -0.25) is 14.5 Å². The normalized spacial score (nSPS) is 14.7. The molecule has 13 heteroatoms. The van der Waals surface area contributed by atoms with Crippen LogP contribution in [0.1, 0.15) is 47.5 Å². The number of fused-ring (bicyclic) bond motifs is 1. The molecule has 0 fully saturated rings. The third kappa shape index (κ3) is 6.41. The first-order valence-electron chi connectivity index (χ1n) is 14.7. The zero-order valence-corrected chi connectivity index (χ0v) is 27.3. The van der Waals surface area contributed by atoms with Gasteiger partial charge in [-0.25, -0.2) is 4.39 Å². The Hall–Kier alpha value is -4.88. The number of unbranched alkanes of at least 4 members (excludes halogenated alkanes) is 1. The fraction of sp³-hybridized carbons (Fsp3) is 0.235. The number of anilines is 1. The van der Waals surface area contributed by atoms with E-state index >= 15 is 0 Å². The number of furan rings is 1. The number of ether oxygens (including phenoxy) is 3. The van der Waals surface area contributed by atoms with Gasteiger partial charge in [-0.05, 0) is 53.9 Å². The number of thioether (sulfide) groups is 1. The standard InChI is InChI=1S/C34H30FN3O7S2/c1-4-5-15-44-23-14-11-20(16-25(23)43-3)28-27(29(39)26-17-21-7-6-8-24(42-2)31(21)45-26)30(40)32(41)38(28)33-36-37-34(47-33)46-18-19-9-12-22(35)13-10-19/h6-14,16-17,28,40H,4-5,15,18H2,1-3H3. The van der Waals surface area contributed by atoms with Crippen LogP contribution in [0.4, 0.5) is 9.52 Å². The number of benzene rings is 3. The minimum Gasteiger partial charge on any atom is -0.503 e. The number of halogens is 1. The first-order valence-corrected chi connectivity index (χ1v) is 16.5. The van der Waals surface area contributed by atoms with E-state index in [2.05, 4.69) is 17.1 Å². The molecule has 1 aliphatic rings. The maximum absolute atomic E-state index is 14.2. The summed E-state index contributed by atoms with van der Waals surface area (Å²) >= 11 is 2.49. The van der Waals surface area contributed by atoms with E-state index in [0.29, 0.717) is 50.5 Å². The largest absolute Gasteiger partial charge is 0.503 e. The van der Waals surface area contributed by atoms with E-state index in [-0.39, 0.29) is 22.3 Å². The van der Waals surface area contributed by atoms with Crippen molar-refractivity contribution < 1.29 is 37.7 Å². The molecule has 0 saturated carbocycles. The van der Waals surface area contributed by atoms with E-state index in [4.69, 9.17) is 18.6 Å². The molecular formula is C34H30FN3O7S2. The van der Waals surface area contributed by atoms with Crippen molar-refractivity contribution in [3.8, 4) is 17.2 Å². The molecule has 3 aromatic carbocycles. The number of nitrogens with zero attached hydrogens (tertiary/aromatic N) is 3. The van der Waals surface area contributed by atoms with Crippen LogP contribution >= 0.6 is 23.1 Å². The highest BCUT2D eigenvalue weighted by molar-refractivity contribution is 8.00. The average molecular weight is 676 g/mol. The first-order chi connectivity index (χ1) is 22.8. The van der Waals surface area contributed by atoms with Gasteiger partial charge in [-0.1, -0.05) is 66.8 Å². The fourth-order valence-electron chi connectivity index (χ4n) is 5.18. The van der Waals surface area contributed by atoms with Crippen LogP contribution in [-0.4, -0.2) is 47.8 Å². The number of carbonyl (C=O) groups is 2. The predicted octanol–water partition coefficient (Wildman–Crippen LogP) is 7.69. The highest BCUT2D eigenvalue weighted by atomic mass is 32.2. The van der Waals surface area contributed by atoms with Crippen molar-refractivity contribution in [2.45, 2.75) is 35.9 Å². The lowest BCUT2D eigenvalue weighted by molar-refractivity contribution is -0.117. The number of methoxy groups -OCH3 is 2. The molecule has 242 valence electrons. The molecule has 6 rings (SSSR count). The summed E-state index contributed by atoms with van der Waals surface area (Å²) in [4.78, 5) is 29.2. The van der Waals surface area contributed by atoms with Crippen molar-refractivity contribution in [1.82, 2.24) is 10.2 Å². The van der Waals surface area contributed by atoms with Gasteiger partial charge in [0.1, 0.15) is 5.82 Å². The molecule has 1 aliphatic heterocycles. The van der Waals surface area contributed by atoms with Crippen LogP contribution in [0, 0.1) is 5.82 Å². The summed E-state index contributed by atoms with van der Waals surface area (Å²) in [5.41, 5.74) is 1.52. The summed E-state index contributed by atoms with van der Waals surface area (Å²) in [5.74, 6) is -0.816. The third-order valence-electron chi connectivity index (χ3n) is 7.54. The predicted molar refractivity (Wildman–Crippen MR) is 176 cm³/mol. The van der Waals surface area contributed by atoms with Gasteiger partial charge in [-0.2, -0.15) is 0 Å². The Morgan fingerprint density at radius 2 is 1.83 bits per heavy atom. The summed E-state index contributed by atoms with van der Waals surface area (Å²) in [6.45, 7) is 2.55. The summed E-state index contributed by atoms with van der Waals surface area (Å²) in [6.07, 6.45) is 1.81. The summed E-state index contributed by atoms with van der Waals surface area (Å²) < 4.78 is 36.7. The molecule has 2 aromatic heterocycles. The minimum atomic E-state index is -1.11. The summed E-state index contributed by atoms with van der Waals surface area (Å²) in [7, 11) is 2.99. The van der Waals surface area contributed by atoms with Crippen LogP contribution < -0.4 is 19.1 Å². The fourth-order valence-corrected chi connectivity index (χ4v) is 7.00. The molecule has 5 aromatic rings. The van der Waals surface area contributed by atoms with Gasteiger partial charge in [0.2, 0.25) is 10.9 Å². The maximum atomic E-state index is 14.2. The second-order valence-electron chi connectivity index (χ2n) is 10.5. The quantitative estimate of drug-likeness (QED) is 0.0575. The number of Topliss-reactive ketones (excluding diaryl/α,β-unsaturated/α-hetero) is 1. The van der Waals surface area contributed by atoms with E-state index in [1.807, 2.05) is 0 Å². The monoisotopic (exact) mass is 675 g/mol. The smallest absolute Gasteiger partial charge is 0.296 e. The molecule has 0 bridgehead atoms. The summed E-state index contributed by atoms with van der Waals surface area (Å²) in [6, 6.07) is 16.9. The highest BCUT2D eigenvalue weighted by Crippen LogP contribution is 2.46. The Morgan fingerprint density at radius 1 is 1.04 bits per heavy atom. The van der Waals surface area contributed by atoms with Crippen molar-refractivity contribution in [3.63, 3.8) is 0 Å². The molecule has 0 saturated heterocycles. The van der Waals surface area contributed by atoms with Crippen molar-refractivity contribution in [3.05, 3.63) is 101 Å². The maximum Gasteiger partial charge on any atom is 0.296 e. The Morgan fingerprint density at radius 3 is 2.57 bits per heavy atom. The molecule has 1 N–H and O–H groups in total. The SMILES string of the molecule is CCCCOc1ccc(C2C(C(=O)c3cc4cccc(OC)c4o3)=C(O)C(=O)N2c2nnc(SCc3ccc(F)cc3)s2)cc1OC. The second-order valence-corrected chi connectivity index (χ2v) is 12.7. The Labute approximate surface area is 277 Å². The number of rotatable bonds is 13. The number of carbonyl (C=O) groups excluding carboxylic acids is 2. The Bertz CT molecular complexity index is 1970. The van der Waals surface area contributed by atoms with Crippen LogP contribution in [0.5, 0.6) is 17.2 Å². The molecule has 0 aliphatic carbocycles. The highest BCUT2D eigenvalue weighted by Gasteiger charge is 2.47. The van der Waals surface area contributed by atoms with E-state index in [1.165, 1.54) is 43.0 Å². The molecule has 10 nitrogen and oxygen atoms in total. The minimum absolute atomic E-state index is 0.0787. The first kappa shape index (κ1) is 32.1. The lowest BCUT2D eigenvalue weighted by Gasteiger charge is -2.24. The molecule has 47 heavy (non-hydrogen) atoms. The number of para-hydroxylation sites is 1. The molecule has 1 unspecified atom stereocenters. The van der Waals surface area contributed by atoms with Gasteiger partial charge in [0, 0.05) is 11.1 Å². The van der Waals surface area contributed by atoms with Gasteiger partial charge in [0.15, 0.2) is 38.7 Å². The molecule has 0 spiro atoms. The van der Waals surface area contributed by atoms with Gasteiger partial charge >= 0.3 is 0 Å². The van der Waals surface area contributed by atoms with Crippen LogP contribution in [0.3, 0.4) is 0 Å².